The van der Waals surface area contributed by atoms with Gasteiger partial charge in [0.2, 0.25) is 0 Å². The summed E-state index contributed by atoms with van der Waals surface area (Å²) in [6.45, 7) is 1.89. The fourth-order valence-electron chi connectivity index (χ4n) is 3.02. The van der Waals surface area contributed by atoms with Gasteiger partial charge < -0.3 is 9.88 Å². The minimum absolute atomic E-state index is 0.0492. The number of fused-ring (bicyclic) bond motifs is 1. The molecule has 0 amide bonds. The molecule has 0 fully saturated rings. The van der Waals surface area contributed by atoms with E-state index < -0.39 is 11.7 Å². The zero-order valence-corrected chi connectivity index (χ0v) is 17.3. The molecule has 0 bridgehead atoms. The number of rotatable bonds is 6. The largest absolute Gasteiger partial charge is 0.416 e. The predicted molar refractivity (Wildman–Crippen MR) is 111 cm³/mol. The van der Waals surface area contributed by atoms with Crippen molar-refractivity contribution in [2.45, 2.75) is 25.4 Å². The monoisotopic (exact) mass is 446 g/mol. The molecule has 0 saturated heterocycles. The molecule has 1 atom stereocenters. The van der Waals surface area contributed by atoms with Gasteiger partial charge in [0.25, 0.3) is 0 Å². The molecule has 7 nitrogen and oxygen atoms in total. The lowest BCUT2D eigenvalue weighted by Gasteiger charge is -2.09. The van der Waals surface area contributed by atoms with Gasteiger partial charge in [-0.3, -0.25) is 9.78 Å². The maximum atomic E-state index is 12.9. The number of nitrogens with one attached hydrogen (secondary N) is 1. The molecule has 1 unspecified atom stereocenters. The van der Waals surface area contributed by atoms with Crippen LogP contribution in [0.3, 0.4) is 0 Å². The summed E-state index contributed by atoms with van der Waals surface area (Å²) in [5.74, 6) is -0.203. The van der Waals surface area contributed by atoms with E-state index in [4.69, 9.17) is 0 Å². The number of halogens is 3. The van der Waals surface area contributed by atoms with Crippen LogP contribution in [0.5, 0.6) is 0 Å². The zero-order valence-electron chi connectivity index (χ0n) is 16.5. The Bertz CT molecular complexity index is 1250. The van der Waals surface area contributed by atoms with E-state index >= 15 is 0 Å². The summed E-state index contributed by atoms with van der Waals surface area (Å²) >= 11 is 1.26. The highest BCUT2D eigenvalue weighted by molar-refractivity contribution is 7.15. The number of aryl methyl sites for hydroxylation is 1. The molecule has 4 heterocycles. The van der Waals surface area contributed by atoms with Crippen LogP contribution in [0.25, 0.3) is 11.0 Å². The Kier molecular flexibility index (Phi) is 5.44. The predicted octanol–water partition coefficient (Wildman–Crippen LogP) is 4.96. The van der Waals surface area contributed by atoms with Gasteiger partial charge in [0.05, 0.1) is 23.6 Å². The summed E-state index contributed by atoms with van der Waals surface area (Å²) in [6, 6.07) is 3.55. The third kappa shape index (κ3) is 4.55. The standard InChI is InChI=1S/C20H17F3N6OS/c1-11(5-16(30)13-7-15-14(8-25-13)27-10-29(15)2)17-9-26-19(31-17)28-18-6-12(3-4-24-18)20(21,22)23/h3-4,6-11H,5H2,1-2H3,(H,24,26,28). The Labute approximate surface area is 179 Å². The van der Waals surface area contributed by atoms with Crippen molar-refractivity contribution >= 4 is 39.1 Å². The van der Waals surface area contributed by atoms with Crippen LogP contribution in [-0.2, 0) is 13.2 Å². The number of hydrogen-bond acceptors (Lipinski definition) is 7. The second-order valence-electron chi connectivity index (χ2n) is 7.06. The van der Waals surface area contributed by atoms with Crippen molar-refractivity contribution in [2.75, 3.05) is 5.32 Å². The lowest BCUT2D eigenvalue weighted by Crippen LogP contribution is -2.06. The maximum absolute atomic E-state index is 12.9. The Hall–Kier alpha value is -3.34. The van der Waals surface area contributed by atoms with E-state index in [0.717, 1.165) is 28.7 Å². The van der Waals surface area contributed by atoms with Crippen LogP contribution in [-0.4, -0.2) is 30.3 Å². The summed E-state index contributed by atoms with van der Waals surface area (Å²) in [5.41, 5.74) is 1.11. The van der Waals surface area contributed by atoms with E-state index in [2.05, 4.69) is 25.3 Å². The molecular formula is C20H17F3N6OS. The Morgan fingerprint density at radius 2 is 2.00 bits per heavy atom. The number of imidazole rings is 1. The molecule has 0 radical (unpaired) electrons. The number of thiazole rings is 1. The van der Waals surface area contributed by atoms with Gasteiger partial charge in [0, 0.05) is 30.7 Å². The topological polar surface area (TPSA) is 85.6 Å². The van der Waals surface area contributed by atoms with Gasteiger partial charge in [-0.05, 0) is 24.1 Å². The van der Waals surface area contributed by atoms with Crippen molar-refractivity contribution in [3.05, 3.63) is 59.3 Å². The molecule has 4 aromatic rings. The van der Waals surface area contributed by atoms with Crippen molar-refractivity contribution in [3.63, 3.8) is 0 Å². The van der Waals surface area contributed by atoms with Gasteiger partial charge in [-0.25, -0.2) is 15.0 Å². The zero-order chi connectivity index (χ0) is 22.2. The average Bonchev–Trinajstić information content (AvgIpc) is 3.34. The smallest absolute Gasteiger partial charge is 0.334 e. The Morgan fingerprint density at radius 1 is 1.19 bits per heavy atom. The first-order valence-electron chi connectivity index (χ1n) is 9.27. The highest BCUT2D eigenvalue weighted by Crippen LogP contribution is 2.33. The molecule has 11 heteroatoms. The van der Waals surface area contributed by atoms with Crippen molar-refractivity contribution < 1.29 is 18.0 Å². The van der Waals surface area contributed by atoms with Crippen LogP contribution in [0.15, 0.2) is 43.1 Å². The second kappa shape index (κ2) is 8.06. The third-order valence-corrected chi connectivity index (χ3v) is 5.86. The molecule has 4 rings (SSSR count). The maximum Gasteiger partial charge on any atom is 0.416 e. The van der Waals surface area contributed by atoms with Gasteiger partial charge in [-0.15, -0.1) is 11.3 Å². The first-order valence-corrected chi connectivity index (χ1v) is 10.1. The lowest BCUT2D eigenvalue weighted by molar-refractivity contribution is -0.137. The molecule has 4 aromatic heterocycles. The molecule has 0 saturated carbocycles. The normalized spacial score (nSPS) is 12.8. The minimum Gasteiger partial charge on any atom is -0.334 e. The fraction of sp³-hybridized carbons (Fsp3) is 0.250. The molecular weight excluding hydrogens is 429 g/mol. The highest BCUT2D eigenvalue weighted by Gasteiger charge is 2.30. The minimum atomic E-state index is -4.45. The van der Waals surface area contributed by atoms with Crippen LogP contribution in [0.4, 0.5) is 24.1 Å². The van der Waals surface area contributed by atoms with Crippen molar-refractivity contribution in [3.8, 4) is 0 Å². The Morgan fingerprint density at radius 3 is 2.77 bits per heavy atom. The molecule has 0 spiro atoms. The number of ketones is 1. The average molecular weight is 446 g/mol. The molecule has 160 valence electrons. The first-order chi connectivity index (χ1) is 14.7. The highest BCUT2D eigenvalue weighted by atomic mass is 32.1. The molecule has 0 aliphatic heterocycles. The van der Waals surface area contributed by atoms with Gasteiger partial charge in [-0.1, -0.05) is 6.92 Å². The SMILES string of the molecule is CC(CC(=O)c1cc2c(cn1)ncn2C)c1cnc(Nc2cc(C(F)(F)F)ccn2)s1. The van der Waals surface area contributed by atoms with Gasteiger partial charge in [0.15, 0.2) is 10.9 Å². The number of carbonyl (C=O) groups is 1. The quantitative estimate of drug-likeness (QED) is 0.422. The van der Waals surface area contributed by atoms with Gasteiger partial charge in [0.1, 0.15) is 17.0 Å². The van der Waals surface area contributed by atoms with E-state index in [1.807, 2.05) is 18.5 Å². The van der Waals surface area contributed by atoms with Crippen molar-refractivity contribution in [1.82, 2.24) is 24.5 Å². The summed E-state index contributed by atoms with van der Waals surface area (Å²) in [6.07, 6.45) is 1.70. The number of Topliss-reactive ketones (excluding diaryl/α,β-unsaturated/α-hetero) is 1. The van der Waals surface area contributed by atoms with Crippen LogP contribution in [0.1, 0.15) is 40.2 Å². The summed E-state index contributed by atoms with van der Waals surface area (Å²) in [7, 11) is 1.84. The molecule has 1 N–H and O–H groups in total. The van der Waals surface area contributed by atoms with Gasteiger partial charge in [-0.2, -0.15) is 13.2 Å². The number of carbonyl (C=O) groups excluding carboxylic acids is 1. The van der Waals surface area contributed by atoms with Crippen molar-refractivity contribution in [1.29, 1.82) is 0 Å². The van der Waals surface area contributed by atoms with Crippen molar-refractivity contribution in [2.24, 2.45) is 7.05 Å². The third-order valence-electron chi connectivity index (χ3n) is 4.72. The van der Waals surface area contributed by atoms with Crippen LogP contribution in [0.2, 0.25) is 0 Å². The molecule has 0 aliphatic carbocycles. The number of pyridine rings is 2. The molecule has 0 aliphatic rings. The Balaban J connectivity index is 1.44. The summed E-state index contributed by atoms with van der Waals surface area (Å²) < 4.78 is 40.4. The van der Waals surface area contributed by atoms with Crippen LogP contribution >= 0.6 is 11.3 Å². The lowest BCUT2D eigenvalue weighted by atomic mass is 10.0. The number of nitrogens with zero attached hydrogens (tertiary/aromatic N) is 5. The van der Waals surface area contributed by atoms with E-state index in [-0.39, 0.29) is 23.9 Å². The molecule has 31 heavy (non-hydrogen) atoms. The molecule has 0 aromatic carbocycles. The summed E-state index contributed by atoms with van der Waals surface area (Å²) in [4.78, 5) is 30.0. The van der Waals surface area contributed by atoms with E-state index in [0.29, 0.717) is 16.3 Å². The number of aromatic nitrogens is 5. The van der Waals surface area contributed by atoms with E-state index in [9.17, 15) is 18.0 Å². The number of anilines is 2. The second-order valence-corrected chi connectivity index (χ2v) is 8.12. The van der Waals surface area contributed by atoms with E-state index in [1.165, 1.54) is 11.3 Å². The fourth-order valence-corrected chi connectivity index (χ4v) is 3.90. The number of hydrogen-bond donors (Lipinski definition) is 1. The van der Waals surface area contributed by atoms with Crippen LogP contribution < -0.4 is 5.32 Å². The number of alkyl halides is 3. The summed E-state index contributed by atoms with van der Waals surface area (Å²) in [5, 5.41) is 3.19. The first kappa shape index (κ1) is 20.9. The van der Waals surface area contributed by atoms with Crippen LogP contribution in [0, 0.1) is 0 Å². The van der Waals surface area contributed by atoms with E-state index in [1.54, 1.807) is 24.8 Å². The van der Waals surface area contributed by atoms with Gasteiger partial charge >= 0.3 is 6.18 Å².